The van der Waals surface area contributed by atoms with E-state index in [1.54, 1.807) is 12.1 Å². The van der Waals surface area contributed by atoms with Gasteiger partial charge in [0.05, 0.1) is 11.8 Å². The largest absolute Gasteiger partial charge is 0.345 e. The summed E-state index contributed by atoms with van der Waals surface area (Å²) in [6.45, 7) is 1.49. The van der Waals surface area contributed by atoms with Crippen molar-refractivity contribution in [3.8, 4) is 11.4 Å². The molecule has 0 radical (unpaired) electrons. The second-order valence-corrected chi connectivity index (χ2v) is 7.96. The summed E-state index contributed by atoms with van der Waals surface area (Å²) in [6.07, 6.45) is 0.469. The molecule has 0 aliphatic heterocycles. The zero-order chi connectivity index (χ0) is 20.8. The maximum absolute atomic E-state index is 12.4. The molecule has 6 nitrogen and oxygen atoms in total. The van der Waals surface area contributed by atoms with Gasteiger partial charge in [0.15, 0.2) is 16.8 Å². The number of aromatic nitrogens is 3. The lowest BCUT2D eigenvalue weighted by molar-refractivity contribution is -0.125. The topological polar surface area (TPSA) is 76.9 Å². The van der Waals surface area contributed by atoms with Crippen LogP contribution in [0, 0.1) is 0 Å². The van der Waals surface area contributed by atoms with E-state index in [4.69, 9.17) is 11.6 Å². The van der Waals surface area contributed by atoms with Crippen molar-refractivity contribution in [3.63, 3.8) is 0 Å². The van der Waals surface area contributed by atoms with Crippen LogP contribution in [0.4, 0.5) is 0 Å². The zero-order valence-corrected chi connectivity index (χ0v) is 17.7. The van der Waals surface area contributed by atoms with E-state index in [-0.39, 0.29) is 17.4 Å². The molecular formula is C21H21ClN4O2S. The van der Waals surface area contributed by atoms with Crippen LogP contribution in [0.5, 0.6) is 0 Å². The number of carbonyl (C=O) groups excluding carboxylic acids is 2. The summed E-state index contributed by atoms with van der Waals surface area (Å²) in [7, 11) is 1.85. The Labute approximate surface area is 178 Å². The highest BCUT2D eigenvalue weighted by atomic mass is 35.5. The predicted octanol–water partition coefficient (Wildman–Crippen LogP) is 3.54. The standard InChI is InChI=1S/C21H21ClN4O2S/c1-14(27)18(12-15-6-4-3-5-7-15)23-19(28)13-29-21-25-24-20(26(21)2)16-8-10-17(22)11-9-16/h3-11,18H,12-13H2,1-2H3,(H,23,28)/t18-/m1/s1. The maximum atomic E-state index is 12.4. The summed E-state index contributed by atoms with van der Waals surface area (Å²) in [5.41, 5.74) is 1.89. The molecular weight excluding hydrogens is 408 g/mol. The van der Waals surface area contributed by atoms with Gasteiger partial charge in [-0.2, -0.15) is 0 Å². The third kappa shape index (κ3) is 5.68. The average Bonchev–Trinajstić information content (AvgIpc) is 3.07. The molecule has 3 aromatic rings. The molecule has 0 fully saturated rings. The molecule has 0 unspecified atom stereocenters. The molecule has 0 aliphatic carbocycles. The van der Waals surface area contributed by atoms with Gasteiger partial charge < -0.3 is 9.88 Å². The first-order valence-electron chi connectivity index (χ1n) is 9.06. The lowest BCUT2D eigenvalue weighted by Gasteiger charge is -2.16. The van der Waals surface area contributed by atoms with Gasteiger partial charge >= 0.3 is 0 Å². The Balaban J connectivity index is 1.60. The fourth-order valence-corrected chi connectivity index (χ4v) is 3.65. The number of Topliss-reactive ketones (excluding diaryl/α,β-unsaturated/α-hetero) is 1. The summed E-state index contributed by atoms with van der Waals surface area (Å²) in [5, 5.41) is 12.5. The van der Waals surface area contributed by atoms with E-state index in [2.05, 4.69) is 15.5 Å². The third-order valence-corrected chi connectivity index (χ3v) is 5.65. The maximum Gasteiger partial charge on any atom is 0.231 e. The Morgan fingerprint density at radius 3 is 2.45 bits per heavy atom. The van der Waals surface area contributed by atoms with Crippen molar-refractivity contribution in [3.05, 3.63) is 65.2 Å². The summed E-state index contributed by atoms with van der Waals surface area (Å²) in [5.74, 6) is 0.541. The van der Waals surface area contributed by atoms with E-state index >= 15 is 0 Å². The number of amides is 1. The van der Waals surface area contributed by atoms with Gasteiger partial charge in [0.1, 0.15) is 0 Å². The van der Waals surface area contributed by atoms with Gasteiger partial charge in [0.2, 0.25) is 5.91 Å². The van der Waals surface area contributed by atoms with Crippen molar-refractivity contribution in [2.75, 3.05) is 5.75 Å². The summed E-state index contributed by atoms with van der Waals surface area (Å²) in [4.78, 5) is 24.3. The summed E-state index contributed by atoms with van der Waals surface area (Å²) < 4.78 is 1.83. The second kappa shape index (κ2) is 9.71. The Kier molecular flexibility index (Phi) is 7.06. The van der Waals surface area contributed by atoms with Crippen LogP contribution in [0.15, 0.2) is 59.8 Å². The lowest BCUT2D eigenvalue weighted by atomic mass is 10.0. The monoisotopic (exact) mass is 428 g/mol. The van der Waals surface area contributed by atoms with Gasteiger partial charge in [-0.1, -0.05) is 53.7 Å². The molecule has 29 heavy (non-hydrogen) atoms. The lowest BCUT2D eigenvalue weighted by Crippen LogP contribution is -2.42. The molecule has 3 rings (SSSR count). The van der Waals surface area contributed by atoms with Crippen molar-refractivity contribution in [2.24, 2.45) is 7.05 Å². The minimum atomic E-state index is -0.547. The van der Waals surface area contributed by atoms with Crippen LogP contribution in [0.3, 0.4) is 0 Å². The molecule has 150 valence electrons. The molecule has 0 aliphatic rings. The Morgan fingerprint density at radius 2 is 1.79 bits per heavy atom. The number of ketones is 1. The van der Waals surface area contributed by atoms with Crippen LogP contribution >= 0.6 is 23.4 Å². The number of hydrogen-bond acceptors (Lipinski definition) is 5. The highest BCUT2D eigenvalue weighted by molar-refractivity contribution is 7.99. The second-order valence-electron chi connectivity index (χ2n) is 6.58. The first-order valence-corrected chi connectivity index (χ1v) is 10.4. The first kappa shape index (κ1) is 21.1. The van der Waals surface area contributed by atoms with Crippen LogP contribution in [-0.4, -0.2) is 38.2 Å². The molecule has 2 aromatic carbocycles. The fraction of sp³-hybridized carbons (Fsp3) is 0.238. The van der Waals surface area contributed by atoms with E-state index in [1.165, 1.54) is 18.7 Å². The van der Waals surface area contributed by atoms with E-state index in [9.17, 15) is 9.59 Å². The molecule has 0 saturated carbocycles. The van der Waals surface area contributed by atoms with Gasteiger partial charge in [-0.05, 0) is 43.2 Å². The number of halogens is 1. The van der Waals surface area contributed by atoms with Crippen LogP contribution in [0.1, 0.15) is 12.5 Å². The highest BCUT2D eigenvalue weighted by Gasteiger charge is 2.19. The molecule has 1 amide bonds. The van der Waals surface area contributed by atoms with Gasteiger partial charge in [0, 0.05) is 17.6 Å². The molecule has 0 saturated heterocycles. The normalized spacial score (nSPS) is 11.8. The van der Waals surface area contributed by atoms with Crippen LogP contribution < -0.4 is 5.32 Å². The number of benzene rings is 2. The minimum absolute atomic E-state index is 0.0733. The predicted molar refractivity (Wildman–Crippen MR) is 115 cm³/mol. The molecule has 1 heterocycles. The van der Waals surface area contributed by atoms with Crippen molar-refractivity contribution in [2.45, 2.75) is 24.5 Å². The molecule has 1 N–H and O–H groups in total. The number of carbonyl (C=O) groups is 2. The van der Waals surface area contributed by atoms with E-state index in [0.29, 0.717) is 22.4 Å². The van der Waals surface area contributed by atoms with Crippen molar-refractivity contribution in [1.82, 2.24) is 20.1 Å². The van der Waals surface area contributed by atoms with Gasteiger partial charge in [-0.3, -0.25) is 9.59 Å². The number of hydrogen-bond donors (Lipinski definition) is 1. The summed E-state index contributed by atoms with van der Waals surface area (Å²) in [6, 6.07) is 16.4. The SMILES string of the molecule is CC(=O)[C@@H](Cc1ccccc1)NC(=O)CSc1nnc(-c2ccc(Cl)cc2)n1C. The molecule has 8 heteroatoms. The number of nitrogens with one attached hydrogen (secondary N) is 1. The van der Waals surface area contributed by atoms with Crippen molar-refractivity contribution in [1.29, 1.82) is 0 Å². The Hall–Kier alpha value is -2.64. The number of thioether (sulfide) groups is 1. The fourth-order valence-electron chi connectivity index (χ4n) is 2.80. The van der Waals surface area contributed by atoms with Gasteiger partial charge in [-0.25, -0.2) is 0 Å². The molecule has 1 aromatic heterocycles. The molecule has 0 bridgehead atoms. The summed E-state index contributed by atoms with van der Waals surface area (Å²) >= 11 is 7.20. The Bertz CT molecular complexity index is 990. The van der Waals surface area contributed by atoms with Crippen LogP contribution in [-0.2, 0) is 23.1 Å². The number of nitrogens with zero attached hydrogens (tertiary/aromatic N) is 3. The first-order chi connectivity index (χ1) is 13.9. The number of rotatable bonds is 8. The smallest absolute Gasteiger partial charge is 0.231 e. The van der Waals surface area contributed by atoms with Crippen molar-refractivity contribution >= 4 is 35.1 Å². The molecule has 1 atom stereocenters. The third-order valence-electron chi connectivity index (χ3n) is 4.38. The van der Waals surface area contributed by atoms with E-state index < -0.39 is 6.04 Å². The molecule has 0 spiro atoms. The van der Waals surface area contributed by atoms with Gasteiger partial charge in [-0.15, -0.1) is 10.2 Å². The van der Waals surface area contributed by atoms with Gasteiger partial charge in [0.25, 0.3) is 0 Å². The van der Waals surface area contributed by atoms with E-state index in [1.807, 2.05) is 54.1 Å². The van der Waals surface area contributed by atoms with Crippen LogP contribution in [0.2, 0.25) is 5.02 Å². The van der Waals surface area contributed by atoms with Crippen LogP contribution in [0.25, 0.3) is 11.4 Å². The minimum Gasteiger partial charge on any atom is -0.345 e. The Morgan fingerprint density at radius 1 is 1.10 bits per heavy atom. The highest BCUT2D eigenvalue weighted by Crippen LogP contribution is 2.23. The average molecular weight is 429 g/mol. The van der Waals surface area contributed by atoms with Crippen molar-refractivity contribution < 1.29 is 9.59 Å². The quantitative estimate of drug-likeness (QED) is 0.555. The zero-order valence-electron chi connectivity index (χ0n) is 16.1. The van der Waals surface area contributed by atoms with E-state index in [0.717, 1.165) is 11.1 Å².